The summed E-state index contributed by atoms with van der Waals surface area (Å²) < 4.78 is 12.0. The third-order valence-corrected chi connectivity index (χ3v) is 4.73. The van der Waals surface area contributed by atoms with Gasteiger partial charge in [0, 0.05) is 28.8 Å². The van der Waals surface area contributed by atoms with E-state index >= 15 is 0 Å². The zero-order valence-electron chi connectivity index (χ0n) is 13.1. The molecule has 23 heavy (non-hydrogen) atoms. The molecule has 0 bridgehead atoms. The first kappa shape index (κ1) is 14.2. The predicted molar refractivity (Wildman–Crippen MR) is 95.5 cm³/mol. The lowest BCUT2D eigenvalue weighted by atomic mass is 9.99. The van der Waals surface area contributed by atoms with E-state index < -0.39 is 0 Å². The molecule has 4 aromatic rings. The number of rotatable bonds is 2. The minimum absolute atomic E-state index is 0.557. The molecule has 0 unspecified atom stereocenters. The van der Waals surface area contributed by atoms with Gasteiger partial charge < -0.3 is 8.83 Å². The first-order valence-electron chi connectivity index (χ1n) is 7.61. The second-order valence-electron chi connectivity index (χ2n) is 5.92. The molecule has 0 amide bonds. The number of fused-ring (bicyclic) bond motifs is 2. The summed E-state index contributed by atoms with van der Waals surface area (Å²) in [5, 5.41) is 2.22. The van der Waals surface area contributed by atoms with Gasteiger partial charge in [0.2, 0.25) is 0 Å². The minimum Gasteiger partial charge on any atom is -0.464 e. The van der Waals surface area contributed by atoms with Crippen LogP contribution in [0.15, 0.2) is 57.6 Å². The van der Waals surface area contributed by atoms with Gasteiger partial charge in [-0.25, -0.2) is 0 Å². The van der Waals surface area contributed by atoms with Crippen LogP contribution in [0, 0.1) is 18.6 Å². The molecule has 0 aliphatic heterocycles. The molecule has 114 valence electrons. The molecule has 3 heteroatoms. The lowest BCUT2D eigenvalue weighted by Gasteiger charge is -2.09. The highest BCUT2D eigenvalue weighted by molar-refractivity contribution is 7.71. The van der Waals surface area contributed by atoms with E-state index in [1.807, 2.05) is 24.3 Å². The normalized spacial score (nSPS) is 11.4. The summed E-state index contributed by atoms with van der Waals surface area (Å²) >= 11 is 5.50. The summed E-state index contributed by atoms with van der Waals surface area (Å²) in [5.74, 6) is 0. The Morgan fingerprint density at radius 2 is 1.74 bits per heavy atom. The fourth-order valence-corrected chi connectivity index (χ4v) is 3.36. The largest absolute Gasteiger partial charge is 0.464 e. The van der Waals surface area contributed by atoms with Crippen molar-refractivity contribution in [3.05, 3.63) is 75.7 Å². The van der Waals surface area contributed by atoms with E-state index in [4.69, 9.17) is 21.1 Å². The zero-order valence-corrected chi connectivity index (χ0v) is 13.9. The molecule has 0 saturated carbocycles. The van der Waals surface area contributed by atoms with Gasteiger partial charge in [-0.2, -0.15) is 0 Å². The molecule has 2 aromatic carbocycles. The highest BCUT2D eigenvalue weighted by atomic mass is 32.1. The summed E-state index contributed by atoms with van der Waals surface area (Å²) in [4.78, 5) is 0. The van der Waals surface area contributed by atoms with Gasteiger partial charge in [-0.15, -0.1) is 0 Å². The van der Waals surface area contributed by atoms with Crippen molar-refractivity contribution in [2.24, 2.45) is 0 Å². The lowest BCUT2D eigenvalue weighted by Crippen LogP contribution is -1.94. The Morgan fingerprint density at radius 1 is 0.957 bits per heavy atom. The van der Waals surface area contributed by atoms with Crippen molar-refractivity contribution in [2.75, 3.05) is 0 Å². The van der Waals surface area contributed by atoms with Gasteiger partial charge in [0.15, 0.2) is 4.71 Å². The Balaban J connectivity index is 1.96. The van der Waals surface area contributed by atoms with Gasteiger partial charge in [-0.05, 0) is 48.8 Å². The van der Waals surface area contributed by atoms with Crippen molar-refractivity contribution in [3.8, 4) is 0 Å². The van der Waals surface area contributed by atoms with Gasteiger partial charge in [0.05, 0.1) is 6.26 Å². The molecule has 4 rings (SSSR count). The number of benzene rings is 2. The highest BCUT2D eigenvalue weighted by Gasteiger charge is 2.13. The van der Waals surface area contributed by atoms with Crippen LogP contribution in [-0.2, 0) is 6.42 Å². The summed E-state index contributed by atoms with van der Waals surface area (Å²) in [6.07, 6.45) is 2.56. The second kappa shape index (κ2) is 5.36. The lowest BCUT2D eigenvalue weighted by molar-refractivity contribution is 0.574. The summed E-state index contributed by atoms with van der Waals surface area (Å²) in [7, 11) is 0. The molecule has 0 spiro atoms. The number of hydrogen-bond donors (Lipinski definition) is 0. The maximum Gasteiger partial charge on any atom is 0.194 e. The molecule has 0 aliphatic rings. The van der Waals surface area contributed by atoms with Crippen LogP contribution in [0.1, 0.15) is 22.3 Å². The van der Waals surface area contributed by atoms with Gasteiger partial charge >= 0.3 is 0 Å². The molecule has 2 nitrogen and oxygen atoms in total. The zero-order chi connectivity index (χ0) is 16.0. The Bertz CT molecular complexity index is 1070. The van der Waals surface area contributed by atoms with Gasteiger partial charge in [-0.1, -0.05) is 30.3 Å². The van der Waals surface area contributed by atoms with Crippen LogP contribution in [0.3, 0.4) is 0 Å². The quantitative estimate of drug-likeness (QED) is 0.416. The van der Waals surface area contributed by atoms with Gasteiger partial charge in [0.25, 0.3) is 0 Å². The van der Waals surface area contributed by atoms with Crippen molar-refractivity contribution >= 4 is 34.2 Å². The van der Waals surface area contributed by atoms with E-state index in [-0.39, 0.29) is 0 Å². The Kier molecular flexibility index (Phi) is 3.31. The second-order valence-corrected chi connectivity index (χ2v) is 6.29. The standard InChI is InChI=1S/C20H16O2S/c1-12-11-21-18-10-19-16(9-15(12)18)13(2)17(20(23)22-19)8-14-6-4-3-5-7-14/h3-7,9-11H,8H2,1-2H3. The molecule has 2 heterocycles. The number of furan rings is 1. The fraction of sp³-hybridized carbons (Fsp3) is 0.150. The van der Waals surface area contributed by atoms with E-state index in [1.54, 1.807) is 6.26 Å². The van der Waals surface area contributed by atoms with Crippen molar-refractivity contribution < 1.29 is 8.83 Å². The first-order chi connectivity index (χ1) is 11.1. The van der Waals surface area contributed by atoms with E-state index in [2.05, 4.69) is 32.0 Å². The van der Waals surface area contributed by atoms with Gasteiger partial charge in [0.1, 0.15) is 11.2 Å². The Morgan fingerprint density at radius 3 is 2.52 bits per heavy atom. The molecule has 0 N–H and O–H groups in total. The van der Waals surface area contributed by atoms with Crippen LogP contribution < -0.4 is 0 Å². The third kappa shape index (κ3) is 2.37. The van der Waals surface area contributed by atoms with Crippen molar-refractivity contribution in [2.45, 2.75) is 20.3 Å². The maximum atomic E-state index is 5.92. The molecule has 0 fully saturated rings. The maximum absolute atomic E-state index is 5.92. The van der Waals surface area contributed by atoms with E-state index in [0.717, 1.165) is 39.5 Å². The molecule has 0 saturated heterocycles. The van der Waals surface area contributed by atoms with Gasteiger partial charge in [-0.3, -0.25) is 0 Å². The molecule has 0 radical (unpaired) electrons. The Labute approximate surface area is 139 Å². The summed E-state index contributed by atoms with van der Waals surface area (Å²) in [5.41, 5.74) is 6.25. The van der Waals surface area contributed by atoms with E-state index in [1.165, 1.54) is 11.1 Å². The summed E-state index contributed by atoms with van der Waals surface area (Å²) in [6.45, 7) is 4.17. The molecular weight excluding hydrogens is 304 g/mol. The monoisotopic (exact) mass is 320 g/mol. The smallest absolute Gasteiger partial charge is 0.194 e. The van der Waals surface area contributed by atoms with Crippen LogP contribution in [0.5, 0.6) is 0 Å². The van der Waals surface area contributed by atoms with Crippen molar-refractivity contribution in [3.63, 3.8) is 0 Å². The highest BCUT2D eigenvalue weighted by Crippen LogP contribution is 2.31. The molecule has 2 aromatic heterocycles. The SMILES string of the molecule is Cc1coc2cc3oc(=S)c(Cc4ccccc4)c(C)c3cc12. The average molecular weight is 320 g/mol. The molecule has 0 aliphatic carbocycles. The summed E-state index contributed by atoms with van der Waals surface area (Å²) in [6, 6.07) is 14.4. The van der Waals surface area contributed by atoms with Crippen LogP contribution in [0.2, 0.25) is 0 Å². The first-order valence-corrected chi connectivity index (χ1v) is 8.02. The third-order valence-electron chi connectivity index (χ3n) is 4.40. The van der Waals surface area contributed by atoms with E-state index in [9.17, 15) is 0 Å². The van der Waals surface area contributed by atoms with Crippen molar-refractivity contribution in [1.29, 1.82) is 0 Å². The Hall–Kier alpha value is -2.39. The van der Waals surface area contributed by atoms with Crippen LogP contribution >= 0.6 is 12.2 Å². The van der Waals surface area contributed by atoms with E-state index in [0.29, 0.717) is 4.71 Å². The van der Waals surface area contributed by atoms with Crippen LogP contribution in [0.25, 0.3) is 21.9 Å². The topological polar surface area (TPSA) is 26.3 Å². The molecule has 0 atom stereocenters. The fourth-order valence-electron chi connectivity index (χ4n) is 3.04. The average Bonchev–Trinajstić information content (AvgIpc) is 2.91. The molecular formula is C20H16O2S. The predicted octanol–water partition coefficient (Wildman–Crippen LogP) is 6.12. The number of hydrogen-bond acceptors (Lipinski definition) is 3. The number of aryl methyl sites for hydroxylation is 2. The van der Waals surface area contributed by atoms with Crippen LogP contribution in [0.4, 0.5) is 0 Å². The van der Waals surface area contributed by atoms with Crippen molar-refractivity contribution in [1.82, 2.24) is 0 Å². The van der Waals surface area contributed by atoms with Crippen LogP contribution in [-0.4, -0.2) is 0 Å². The minimum atomic E-state index is 0.557.